The van der Waals surface area contributed by atoms with E-state index in [9.17, 15) is 14.4 Å². The smallest absolute Gasteiger partial charge is 0.339 e. The standard InChI is InChI=1S/C25H21N3O4/c1-16-9-8-14-20(25(31)32-2)21(16)26-23(29)22-18-12-6-7-13-19(18)24(30)28(27-22)15-17-10-4-3-5-11-17/h3-14H,15H2,1-2H3,(H,26,29). The first-order valence-corrected chi connectivity index (χ1v) is 10.0. The van der Waals surface area contributed by atoms with Crippen LogP contribution in [0.2, 0.25) is 0 Å². The van der Waals surface area contributed by atoms with E-state index < -0.39 is 11.9 Å². The molecule has 0 saturated heterocycles. The molecule has 7 heteroatoms. The second-order valence-electron chi connectivity index (χ2n) is 7.29. The zero-order valence-electron chi connectivity index (χ0n) is 17.7. The predicted molar refractivity (Wildman–Crippen MR) is 122 cm³/mol. The van der Waals surface area contributed by atoms with Crippen molar-refractivity contribution in [1.82, 2.24) is 9.78 Å². The molecular formula is C25H21N3O4. The van der Waals surface area contributed by atoms with E-state index in [0.29, 0.717) is 22.0 Å². The second kappa shape index (κ2) is 8.85. The van der Waals surface area contributed by atoms with Crippen molar-refractivity contribution in [3.8, 4) is 0 Å². The number of carbonyl (C=O) groups excluding carboxylic acids is 2. The summed E-state index contributed by atoms with van der Waals surface area (Å²) < 4.78 is 6.12. The molecule has 7 nitrogen and oxygen atoms in total. The minimum absolute atomic E-state index is 0.0928. The molecule has 1 aromatic heterocycles. The molecule has 0 aliphatic rings. The Balaban J connectivity index is 1.81. The van der Waals surface area contributed by atoms with Crippen LogP contribution in [0.5, 0.6) is 0 Å². The molecule has 0 bridgehead atoms. The lowest BCUT2D eigenvalue weighted by Crippen LogP contribution is -2.28. The van der Waals surface area contributed by atoms with Crippen molar-refractivity contribution >= 4 is 28.3 Å². The molecule has 4 aromatic rings. The van der Waals surface area contributed by atoms with E-state index in [4.69, 9.17) is 4.74 Å². The molecule has 0 atom stereocenters. The van der Waals surface area contributed by atoms with Gasteiger partial charge in [-0.3, -0.25) is 9.59 Å². The number of aryl methyl sites for hydroxylation is 1. The molecule has 0 radical (unpaired) electrons. The third kappa shape index (κ3) is 4.00. The van der Waals surface area contributed by atoms with Crippen LogP contribution in [0.15, 0.2) is 77.6 Å². The summed E-state index contributed by atoms with van der Waals surface area (Å²) in [4.78, 5) is 38.5. The van der Waals surface area contributed by atoms with Gasteiger partial charge in [-0.25, -0.2) is 9.48 Å². The van der Waals surface area contributed by atoms with Gasteiger partial charge in [0.15, 0.2) is 5.69 Å². The third-order valence-electron chi connectivity index (χ3n) is 5.17. The number of hydrogen-bond donors (Lipinski definition) is 1. The van der Waals surface area contributed by atoms with Crippen LogP contribution in [-0.4, -0.2) is 28.8 Å². The topological polar surface area (TPSA) is 90.3 Å². The summed E-state index contributed by atoms with van der Waals surface area (Å²) in [7, 11) is 1.28. The van der Waals surface area contributed by atoms with Crippen LogP contribution in [0.25, 0.3) is 10.8 Å². The first-order chi connectivity index (χ1) is 15.5. The van der Waals surface area contributed by atoms with Crippen molar-refractivity contribution in [2.45, 2.75) is 13.5 Å². The van der Waals surface area contributed by atoms with Crippen molar-refractivity contribution in [1.29, 1.82) is 0 Å². The number of ether oxygens (including phenoxy) is 1. The van der Waals surface area contributed by atoms with E-state index in [2.05, 4.69) is 10.4 Å². The van der Waals surface area contributed by atoms with Crippen LogP contribution >= 0.6 is 0 Å². The fourth-order valence-electron chi connectivity index (χ4n) is 3.55. The van der Waals surface area contributed by atoms with Crippen LogP contribution in [0.1, 0.15) is 32.0 Å². The summed E-state index contributed by atoms with van der Waals surface area (Å²) in [5.74, 6) is -1.08. The van der Waals surface area contributed by atoms with Gasteiger partial charge in [-0.15, -0.1) is 0 Å². The zero-order chi connectivity index (χ0) is 22.7. The second-order valence-corrected chi connectivity index (χ2v) is 7.29. The monoisotopic (exact) mass is 427 g/mol. The number of methoxy groups -OCH3 is 1. The number of anilines is 1. The van der Waals surface area contributed by atoms with Gasteiger partial charge in [0.05, 0.1) is 30.3 Å². The Hall–Kier alpha value is -4.26. The van der Waals surface area contributed by atoms with E-state index in [1.54, 1.807) is 49.4 Å². The highest BCUT2D eigenvalue weighted by Gasteiger charge is 2.21. The summed E-state index contributed by atoms with van der Waals surface area (Å²) in [6, 6.07) is 21.3. The van der Waals surface area contributed by atoms with E-state index in [1.165, 1.54) is 11.8 Å². The van der Waals surface area contributed by atoms with Crippen LogP contribution in [0.4, 0.5) is 5.69 Å². The highest BCUT2D eigenvalue weighted by molar-refractivity contribution is 6.13. The fourth-order valence-corrected chi connectivity index (χ4v) is 3.55. The molecule has 0 aliphatic carbocycles. The average Bonchev–Trinajstić information content (AvgIpc) is 2.82. The Bertz CT molecular complexity index is 1380. The zero-order valence-corrected chi connectivity index (χ0v) is 17.7. The highest BCUT2D eigenvalue weighted by Crippen LogP contribution is 2.23. The number of nitrogens with one attached hydrogen (secondary N) is 1. The van der Waals surface area contributed by atoms with E-state index in [0.717, 1.165) is 5.56 Å². The first-order valence-electron chi connectivity index (χ1n) is 10.0. The largest absolute Gasteiger partial charge is 0.465 e. The van der Waals surface area contributed by atoms with Gasteiger partial charge >= 0.3 is 5.97 Å². The lowest BCUT2D eigenvalue weighted by molar-refractivity contribution is 0.0602. The predicted octanol–water partition coefficient (Wildman–Crippen LogP) is 3.79. The van der Waals surface area contributed by atoms with Gasteiger partial charge < -0.3 is 10.1 Å². The number of rotatable bonds is 5. The fraction of sp³-hybridized carbons (Fsp3) is 0.120. The van der Waals surface area contributed by atoms with Gasteiger partial charge in [0, 0.05) is 5.39 Å². The minimum atomic E-state index is -0.559. The maximum atomic E-state index is 13.3. The third-order valence-corrected chi connectivity index (χ3v) is 5.17. The van der Waals surface area contributed by atoms with E-state index >= 15 is 0 Å². The highest BCUT2D eigenvalue weighted by atomic mass is 16.5. The van der Waals surface area contributed by atoms with Crippen molar-refractivity contribution in [2.24, 2.45) is 0 Å². The SMILES string of the molecule is COC(=O)c1cccc(C)c1NC(=O)c1nn(Cc2ccccc2)c(=O)c2ccccc12. The molecule has 1 heterocycles. The Labute approximate surface area is 184 Å². The number of benzene rings is 3. The van der Waals surface area contributed by atoms with Gasteiger partial charge in [-0.1, -0.05) is 60.7 Å². The quantitative estimate of drug-likeness (QED) is 0.490. The van der Waals surface area contributed by atoms with Gasteiger partial charge in [-0.2, -0.15) is 5.10 Å². The summed E-state index contributed by atoms with van der Waals surface area (Å²) in [5, 5.41) is 8.02. The first kappa shape index (κ1) is 21.0. The van der Waals surface area contributed by atoms with Crippen LogP contribution in [0.3, 0.4) is 0 Å². The van der Waals surface area contributed by atoms with Gasteiger partial charge in [0.1, 0.15) is 0 Å². The molecule has 4 rings (SSSR count). The Morgan fingerprint density at radius 1 is 0.938 bits per heavy atom. The summed E-state index contributed by atoms with van der Waals surface area (Å²) >= 11 is 0. The lowest BCUT2D eigenvalue weighted by Gasteiger charge is -2.14. The molecule has 32 heavy (non-hydrogen) atoms. The number of para-hydroxylation sites is 1. The number of amides is 1. The normalized spacial score (nSPS) is 10.7. The number of carbonyl (C=O) groups is 2. The average molecular weight is 427 g/mol. The van der Waals surface area contributed by atoms with E-state index in [1.807, 2.05) is 30.3 Å². The Kier molecular flexibility index (Phi) is 5.81. The number of fused-ring (bicyclic) bond motifs is 1. The molecule has 1 amide bonds. The van der Waals surface area contributed by atoms with Crippen LogP contribution in [-0.2, 0) is 11.3 Å². The number of esters is 1. The van der Waals surface area contributed by atoms with E-state index in [-0.39, 0.29) is 23.4 Å². The summed E-state index contributed by atoms with van der Waals surface area (Å²) in [6.45, 7) is 2.01. The van der Waals surface area contributed by atoms with Gasteiger partial charge in [-0.05, 0) is 30.2 Å². The number of nitrogens with zero attached hydrogens (tertiary/aromatic N) is 2. The Morgan fingerprint density at radius 3 is 2.34 bits per heavy atom. The van der Waals surface area contributed by atoms with Crippen molar-refractivity contribution in [2.75, 3.05) is 12.4 Å². The molecule has 0 fully saturated rings. The Morgan fingerprint density at radius 2 is 1.62 bits per heavy atom. The molecule has 0 spiro atoms. The van der Waals surface area contributed by atoms with Gasteiger partial charge in [0.25, 0.3) is 11.5 Å². The molecule has 0 saturated carbocycles. The molecule has 3 aromatic carbocycles. The molecule has 0 aliphatic heterocycles. The van der Waals surface area contributed by atoms with Crippen molar-refractivity contribution in [3.05, 3.63) is 106 Å². The van der Waals surface area contributed by atoms with Crippen LogP contribution in [0, 0.1) is 6.92 Å². The van der Waals surface area contributed by atoms with Crippen molar-refractivity contribution < 1.29 is 14.3 Å². The maximum Gasteiger partial charge on any atom is 0.339 e. The summed E-state index contributed by atoms with van der Waals surface area (Å²) in [5.41, 5.74) is 1.97. The molecular weight excluding hydrogens is 406 g/mol. The molecule has 0 unspecified atom stereocenters. The number of hydrogen-bond acceptors (Lipinski definition) is 5. The minimum Gasteiger partial charge on any atom is -0.465 e. The maximum absolute atomic E-state index is 13.3. The number of aromatic nitrogens is 2. The van der Waals surface area contributed by atoms with Crippen LogP contribution < -0.4 is 10.9 Å². The molecule has 1 N–H and O–H groups in total. The molecule has 160 valence electrons. The summed E-state index contributed by atoms with van der Waals surface area (Å²) in [6.07, 6.45) is 0. The van der Waals surface area contributed by atoms with Gasteiger partial charge in [0.2, 0.25) is 0 Å². The van der Waals surface area contributed by atoms with Crippen molar-refractivity contribution in [3.63, 3.8) is 0 Å². The lowest BCUT2D eigenvalue weighted by atomic mass is 10.1.